The number of hydrogen-bond acceptors (Lipinski definition) is 6. The summed E-state index contributed by atoms with van der Waals surface area (Å²) in [7, 11) is 1.71. The van der Waals surface area contributed by atoms with Gasteiger partial charge in [-0.1, -0.05) is 16.4 Å². The number of aryl methyl sites for hydroxylation is 1. The van der Waals surface area contributed by atoms with Crippen LogP contribution in [0.3, 0.4) is 0 Å². The van der Waals surface area contributed by atoms with E-state index in [4.69, 9.17) is 9.05 Å². The highest BCUT2D eigenvalue weighted by Gasteiger charge is 2.27. The number of fused-ring (bicyclic) bond motifs is 1. The second-order valence-corrected chi connectivity index (χ2v) is 6.20. The van der Waals surface area contributed by atoms with Crippen LogP contribution in [0.4, 0.5) is 0 Å². The van der Waals surface area contributed by atoms with Crippen molar-refractivity contribution in [2.75, 3.05) is 7.05 Å². The fourth-order valence-electron chi connectivity index (χ4n) is 3.06. The van der Waals surface area contributed by atoms with E-state index in [0.29, 0.717) is 23.8 Å². The number of rotatable bonds is 4. The van der Waals surface area contributed by atoms with Gasteiger partial charge in [-0.05, 0) is 37.8 Å². The van der Waals surface area contributed by atoms with E-state index in [9.17, 15) is 4.79 Å². The standard InChI is InChI=1S/C18H18N4O3/c1-22(18(23)17-13-6-2-3-7-14(13)20-25-17)11-12-10-16(21-24-12)15-8-4-5-9-19-15/h4-5,8-10H,2-3,6-7,11H2,1H3. The number of carbonyl (C=O) groups is 1. The minimum absolute atomic E-state index is 0.188. The lowest BCUT2D eigenvalue weighted by atomic mass is 9.96. The van der Waals surface area contributed by atoms with Gasteiger partial charge >= 0.3 is 0 Å². The van der Waals surface area contributed by atoms with Gasteiger partial charge in [-0.2, -0.15) is 0 Å². The fraction of sp³-hybridized carbons (Fsp3) is 0.333. The second kappa shape index (κ2) is 6.51. The minimum atomic E-state index is -0.188. The Kier molecular flexibility index (Phi) is 4.05. The van der Waals surface area contributed by atoms with Gasteiger partial charge in [-0.15, -0.1) is 0 Å². The van der Waals surface area contributed by atoms with Crippen LogP contribution in [0, 0.1) is 0 Å². The molecule has 7 heteroatoms. The third-order valence-corrected chi connectivity index (χ3v) is 4.38. The number of hydrogen-bond donors (Lipinski definition) is 0. The van der Waals surface area contributed by atoms with Crippen molar-refractivity contribution >= 4 is 5.91 Å². The molecule has 0 bridgehead atoms. The van der Waals surface area contributed by atoms with Gasteiger partial charge < -0.3 is 13.9 Å². The lowest BCUT2D eigenvalue weighted by Crippen LogP contribution is -2.26. The maximum absolute atomic E-state index is 12.7. The molecular formula is C18H18N4O3. The molecule has 7 nitrogen and oxygen atoms in total. The lowest BCUT2D eigenvalue weighted by Gasteiger charge is -2.15. The number of aromatic nitrogens is 3. The summed E-state index contributed by atoms with van der Waals surface area (Å²) in [6, 6.07) is 7.38. The van der Waals surface area contributed by atoms with Crippen LogP contribution in [-0.4, -0.2) is 33.2 Å². The van der Waals surface area contributed by atoms with E-state index in [2.05, 4.69) is 15.3 Å². The SMILES string of the molecule is CN(Cc1cc(-c2ccccn2)no1)C(=O)c1onc2c1CCCC2. The van der Waals surface area contributed by atoms with Crippen molar-refractivity contribution in [2.24, 2.45) is 0 Å². The van der Waals surface area contributed by atoms with E-state index in [1.807, 2.05) is 18.2 Å². The smallest absolute Gasteiger partial charge is 0.292 e. The largest absolute Gasteiger partial charge is 0.359 e. The number of carbonyl (C=O) groups excluding carboxylic acids is 1. The van der Waals surface area contributed by atoms with Crippen molar-refractivity contribution in [3.8, 4) is 11.4 Å². The Hall–Kier alpha value is -2.96. The summed E-state index contributed by atoms with van der Waals surface area (Å²) in [5.41, 5.74) is 3.25. The summed E-state index contributed by atoms with van der Waals surface area (Å²) in [5, 5.41) is 8.07. The van der Waals surface area contributed by atoms with E-state index in [-0.39, 0.29) is 5.91 Å². The van der Waals surface area contributed by atoms with Crippen molar-refractivity contribution in [2.45, 2.75) is 32.2 Å². The van der Waals surface area contributed by atoms with E-state index < -0.39 is 0 Å². The van der Waals surface area contributed by atoms with Gasteiger partial charge in [-0.25, -0.2) is 0 Å². The average molecular weight is 338 g/mol. The predicted molar refractivity (Wildman–Crippen MR) is 88.7 cm³/mol. The molecule has 0 N–H and O–H groups in total. The summed E-state index contributed by atoms with van der Waals surface area (Å²) < 4.78 is 10.7. The van der Waals surface area contributed by atoms with E-state index >= 15 is 0 Å². The van der Waals surface area contributed by atoms with Gasteiger partial charge in [0.2, 0.25) is 5.76 Å². The van der Waals surface area contributed by atoms with Crippen LogP contribution in [0.2, 0.25) is 0 Å². The first-order valence-corrected chi connectivity index (χ1v) is 8.32. The van der Waals surface area contributed by atoms with E-state index in [0.717, 1.165) is 42.6 Å². The zero-order chi connectivity index (χ0) is 17.2. The molecule has 0 aliphatic heterocycles. The molecule has 1 aliphatic rings. The molecular weight excluding hydrogens is 320 g/mol. The first-order chi connectivity index (χ1) is 12.2. The minimum Gasteiger partial charge on any atom is -0.359 e. The van der Waals surface area contributed by atoms with Crippen molar-refractivity contribution in [3.05, 3.63) is 53.2 Å². The molecule has 1 amide bonds. The zero-order valence-corrected chi connectivity index (χ0v) is 13.9. The van der Waals surface area contributed by atoms with Crippen LogP contribution in [0.5, 0.6) is 0 Å². The quantitative estimate of drug-likeness (QED) is 0.727. The lowest BCUT2D eigenvalue weighted by molar-refractivity contribution is 0.0729. The number of pyridine rings is 1. The Balaban J connectivity index is 1.49. The Morgan fingerprint density at radius 3 is 2.88 bits per heavy atom. The highest BCUT2D eigenvalue weighted by atomic mass is 16.5. The van der Waals surface area contributed by atoms with Crippen LogP contribution in [0.1, 0.15) is 40.4 Å². The summed E-state index contributed by atoms with van der Waals surface area (Å²) in [6.07, 6.45) is 5.59. The molecule has 128 valence electrons. The molecule has 0 aromatic carbocycles. The maximum Gasteiger partial charge on any atom is 0.292 e. The molecule has 0 spiro atoms. The molecule has 0 radical (unpaired) electrons. The molecule has 0 atom stereocenters. The van der Waals surface area contributed by atoms with Crippen LogP contribution in [0.25, 0.3) is 11.4 Å². The molecule has 0 saturated carbocycles. The van der Waals surface area contributed by atoms with Gasteiger partial charge in [0, 0.05) is 24.9 Å². The van der Waals surface area contributed by atoms with Crippen LogP contribution >= 0.6 is 0 Å². The summed E-state index contributed by atoms with van der Waals surface area (Å²) >= 11 is 0. The molecule has 1 aliphatic carbocycles. The normalized spacial score (nSPS) is 13.5. The van der Waals surface area contributed by atoms with Crippen molar-refractivity contribution in [1.29, 1.82) is 0 Å². The summed E-state index contributed by atoms with van der Waals surface area (Å²) in [6.45, 7) is 0.300. The number of amides is 1. The summed E-state index contributed by atoms with van der Waals surface area (Å²) in [4.78, 5) is 18.5. The van der Waals surface area contributed by atoms with Crippen LogP contribution in [-0.2, 0) is 19.4 Å². The Bertz CT molecular complexity index is 885. The van der Waals surface area contributed by atoms with E-state index in [1.165, 1.54) is 0 Å². The Morgan fingerprint density at radius 2 is 2.04 bits per heavy atom. The molecule has 0 fully saturated rings. The first kappa shape index (κ1) is 15.6. The van der Waals surface area contributed by atoms with Gasteiger partial charge in [0.1, 0.15) is 5.69 Å². The molecule has 4 rings (SSSR count). The van der Waals surface area contributed by atoms with Gasteiger partial charge in [0.25, 0.3) is 5.91 Å². The molecule has 0 saturated heterocycles. The van der Waals surface area contributed by atoms with Gasteiger partial charge in [0.15, 0.2) is 5.76 Å². The molecule has 3 heterocycles. The van der Waals surface area contributed by atoms with Crippen LogP contribution in [0.15, 0.2) is 39.5 Å². The zero-order valence-electron chi connectivity index (χ0n) is 13.9. The van der Waals surface area contributed by atoms with Crippen molar-refractivity contribution in [1.82, 2.24) is 20.2 Å². The van der Waals surface area contributed by atoms with Crippen LogP contribution < -0.4 is 0 Å². The number of nitrogens with zero attached hydrogens (tertiary/aromatic N) is 4. The Morgan fingerprint density at radius 1 is 1.16 bits per heavy atom. The predicted octanol–water partition coefficient (Wildman–Crippen LogP) is 2.88. The monoisotopic (exact) mass is 338 g/mol. The molecule has 0 unspecified atom stereocenters. The molecule has 25 heavy (non-hydrogen) atoms. The van der Waals surface area contributed by atoms with Crippen molar-refractivity contribution in [3.63, 3.8) is 0 Å². The fourth-order valence-corrected chi connectivity index (χ4v) is 3.06. The van der Waals surface area contributed by atoms with Gasteiger partial charge in [-0.3, -0.25) is 9.78 Å². The highest BCUT2D eigenvalue weighted by molar-refractivity contribution is 5.92. The topological polar surface area (TPSA) is 85.3 Å². The second-order valence-electron chi connectivity index (χ2n) is 6.20. The third kappa shape index (κ3) is 3.05. The van der Waals surface area contributed by atoms with Gasteiger partial charge in [0.05, 0.1) is 17.9 Å². The maximum atomic E-state index is 12.7. The molecule has 3 aromatic heterocycles. The average Bonchev–Trinajstić information content (AvgIpc) is 3.29. The third-order valence-electron chi connectivity index (χ3n) is 4.38. The first-order valence-electron chi connectivity index (χ1n) is 8.32. The Labute approximate surface area is 144 Å². The van der Waals surface area contributed by atoms with E-state index in [1.54, 1.807) is 24.2 Å². The van der Waals surface area contributed by atoms with Crippen molar-refractivity contribution < 1.29 is 13.8 Å². The summed E-state index contributed by atoms with van der Waals surface area (Å²) in [5.74, 6) is 0.748. The highest BCUT2D eigenvalue weighted by Crippen LogP contribution is 2.25. The molecule has 3 aromatic rings.